The first-order valence-electron chi connectivity index (χ1n) is 18.1. The second-order valence-corrected chi connectivity index (χ2v) is 16.7. The zero-order valence-corrected chi connectivity index (χ0v) is 29.8. The molecule has 2 aromatic carbocycles. The average Bonchev–Trinajstić information content (AvgIpc) is 3.99. The predicted molar refractivity (Wildman–Crippen MR) is 184 cm³/mol. The number of nitrogens with zero attached hydrogens (tertiary/aromatic N) is 2. The van der Waals surface area contributed by atoms with Crippen LogP contribution in [0.1, 0.15) is 74.5 Å². The summed E-state index contributed by atoms with van der Waals surface area (Å²) in [6.45, 7) is -0.121. The molecular formula is C37H42F3N5O7S. The molecule has 3 fully saturated rings. The molecule has 5 atom stereocenters. The van der Waals surface area contributed by atoms with E-state index in [1.54, 1.807) is 12.1 Å². The highest BCUT2D eigenvalue weighted by atomic mass is 32.2. The highest BCUT2D eigenvalue weighted by molar-refractivity contribution is 7.91. The number of allylic oxidation sites excluding steroid dienone is 1. The largest absolute Gasteiger partial charge is 0.444 e. The molecule has 0 bridgehead atoms. The molecule has 7 rings (SSSR count). The fourth-order valence-electron chi connectivity index (χ4n) is 7.58. The van der Waals surface area contributed by atoms with Crippen LogP contribution in [-0.2, 0) is 48.8 Å². The Hall–Kier alpha value is -4.44. The molecule has 0 spiro atoms. The number of halogens is 3. The van der Waals surface area contributed by atoms with Crippen LogP contribution in [0.3, 0.4) is 0 Å². The van der Waals surface area contributed by atoms with Crippen LogP contribution < -0.4 is 15.4 Å². The summed E-state index contributed by atoms with van der Waals surface area (Å²) in [5.74, 6) is -4.54. The van der Waals surface area contributed by atoms with Gasteiger partial charge in [-0.1, -0.05) is 37.1 Å². The number of rotatable bonds is 7. The zero-order valence-electron chi connectivity index (χ0n) is 29.0. The van der Waals surface area contributed by atoms with Crippen molar-refractivity contribution in [3.05, 3.63) is 82.7 Å². The number of hydrogen-bond donors (Lipinski definition) is 3. The van der Waals surface area contributed by atoms with Crippen molar-refractivity contribution in [2.45, 2.75) is 106 Å². The van der Waals surface area contributed by atoms with Crippen molar-refractivity contribution in [1.29, 1.82) is 0 Å². The number of nitrogens with one attached hydrogen (secondary N) is 3. The van der Waals surface area contributed by atoms with Gasteiger partial charge in [-0.25, -0.2) is 26.4 Å². The third-order valence-electron chi connectivity index (χ3n) is 10.8. The van der Waals surface area contributed by atoms with Crippen molar-refractivity contribution in [3.8, 4) is 0 Å². The molecule has 0 radical (unpaired) electrons. The van der Waals surface area contributed by atoms with Crippen molar-refractivity contribution in [3.63, 3.8) is 0 Å². The summed E-state index contributed by atoms with van der Waals surface area (Å²) in [5, 5.41) is 5.23. The van der Waals surface area contributed by atoms with Gasteiger partial charge in [0, 0.05) is 37.1 Å². The van der Waals surface area contributed by atoms with E-state index in [1.807, 2.05) is 12.2 Å². The average molecular weight is 758 g/mol. The van der Waals surface area contributed by atoms with Crippen LogP contribution in [0.5, 0.6) is 0 Å². The fraction of sp³-hybridized carbons (Fsp3) is 0.514. The van der Waals surface area contributed by atoms with Crippen LogP contribution in [0, 0.1) is 23.4 Å². The summed E-state index contributed by atoms with van der Waals surface area (Å²) in [6.07, 6.45) is 6.01. The summed E-state index contributed by atoms with van der Waals surface area (Å²) in [4.78, 5) is 58.2. The van der Waals surface area contributed by atoms with E-state index in [4.69, 9.17) is 4.74 Å². The number of hydrogen-bond acceptors (Lipinski definition) is 8. The van der Waals surface area contributed by atoms with Crippen LogP contribution in [-0.4, -0.2) is 77.6 Å². The SMILES string of the molecule is O=C1N[C@]2(C(=O)NS(=O)(=O)C3CC3)C[C@H]2/C=C\CCCCC[C@H](NCc2cc(F)cc(F)c2)C(=O)N2C[C@H](OC(=O)N3Cc4cccc(F)c4C3)C[C@@H]12. The van der Waals surface area contributed by atoms with Gasteiger partial charge < -0.3 is 20.3 Å². The van der Waals surface area contributed by atoms with Crippen molar-refractivity contribution < 1.29 is 45.5 Å². The second kappa shape index (κ2) is 14.8. The molecule has 2 aromatic rings. The van der Waals surface area contributed by atoms with E-state index in [1.165, 1.54) is 15.9 Å². The standard InChI is InChI=1S/C37H42F3N5O7S/c38-25-13-22(14-26(39)15-25)18-41-31-10-5-3-1-2-4-8-24-17-37(24,35(48)43-53(50,51)28-11-12-28)42-33(46)32-16-27(20-45(32)34(31)47)52-36(49)44-19-23-7-6-9-30(40)29(23)21-44/h4,6-9,13-15,24,27-28,31-32,41H,1-3,5,10-12,16-21H2,(H,42,46)(H,43,48)/b8-4-/t24-,27-,31+,32+,37-/m1/s1. The number of ether oxygens (including phenoxy) is 1. The molecule has 2 aliphatic carbocycles. The molecule has 12 nitrogen and oxygen atoms in total. The van der Waals surface area contributed by atoms with Crippen LogP contribution in [0.15, 0.2) is 48.6 Å². The van der Waals surface area contributed by atoms with Gasteiger partial charge in [-0.3, -0.25) is 24.0 Å². The Balaban J connectivity index is 1.14. The molecule has 3 heterocycles. The van der Waals surface area contributed by atoms with Gasteiger partial charge in [-0.05, 0) is 67.9 Å². The Kier molecular flexibility index (Phi) is 10.3. The Morgan fingerprint density at radius 1 is 1.00 bits per heavy atom. The lowest BCUT2D eigenvalue weighted by Gasteiger charge is -2.30. The van der Waals surface area contributed by atoms with Crippen LogP contribution in [0.2, 0.25) is 0 Å². The van der Waals surface area contributed by atoms with E-state index in [0.29, 0.717) is 43.2 Å². The topological polar surface area (TPSA) is 154 Å². The van der Waals surface area contributed by atoms with Gasteiger partial charge in [0.25, 0.3) is 5.91 Å². The lowest BCUT2D eigenvalue weighted by molar-refractivity contribution is -0.141. The normalized spacial score (nSPS) is 28.1. The third kappa shape index (κ3) is 8.08. The molecule has 3 aliphatic heterocycles. The van der Waals surface area contributed by atoms with Crippen molar-refractivity contribution in [2.75, 3.05) is 6.54 Å². The highest BCUT2D eigenvalue weighted by Crippen LogP contribution is 2.46. The molecule has 0 aromatic heterocycles. The number of carbonyl (C=O) groups is 4. The molecule has 5 aliphatic rings. The first kappa shape index (κ1) is 36.9. The number of fused-ring (bicyclic) bond motifs is 3. The van der Waals surface area contributed by atoms with Crippen molar-refractivity contribution in [1.82, 2.24) is 25.2 Å². The minimum atomic E-state index is -3.93. The van der Waals surface area contributed by atoms with E-state index in [9.17, 15) is 40.8 Å². The van der Waals surface area contributed by atoms with E-state index in [-0.39, 0.29) is 44.6 Å². The van der Waals surface area contributed by atoms with Gasteiger partial charge >= 0.3 is 6.09 Å². The highest BCUT2D eigenvalue weighted by Gasteiger charge is 2.62. The minimum absolute atomic E-state index is 0.0108. The second-order valence-electron chi connectivity index (χ2n) is 14.7. The number of benzene rings is 2. The van der Waals surface area contributed by atoms with E-state index in [2.05, 4.69) is 15.4 Å². The van der Waals surface area contributed by atoms with Gasteiger partial charge in [-0.15, -0.1) is 0 Å². The Labute approximate surface area is 305 Å². The molecule has 16 heteroatoms. The predicted octanol–water partition coefficient (Wildman–Crippen LogP) is 3.69. The smallest absolute Gasteiger partial charge is 0.410 e. The summed E-state index contributed by atoms with van der Waals surface area (Å²) < 4.78 is 75.9. The fourth-order valence-corrected chi connectivity index (χ4v) is 8.95. The Morgan fingerprint density at radius 2 is 1.77 bits per heavy atom. The van der Waals surface area contributed by atoms with Gasteiger partial charge in [0.15, 0.2) is 0 Å². The van der Waals surface area contributed by atoms with Crippen molar-refractivity contribution >= 4 is 33.8 Å². The quantitative estimate of drug-likeness (QED) is 0.362. The van der Waals surface area contributed by atoms with Crippen molar-refractivity contribution in [2.24, 2.45) is 5.92 Å². The molecule has 3 N–H and O–H groups in total. The molecule has 4 amide bonds. The lowest BCUT2D eigenvalue weighted by Crippen LogP contribution is -2.58. The number of carbonyl (C=O) groups excluding carboxylic acids is 4. The molecule has 0 unspecified atom stereocenters. The molecule has 1 saturated heterocycles. The summed E-state index contributed by atoms with van der Waals surface area (Å²) >= 11 is 0. The summed E-state index contributed by atoms with van der Waals surface area (Å²) in [7, 11) is -3.93. The third-order valence-corrected chi connectivity index (χ3v) is 12.6. The molecule has 2 saturated carbocycles. The molecule has 53 heavy (non-hydrogen) atoms. The minimum Gasteiger partial charge on any atom is -0.444 e. The maximum atomic E-state index is 14.4. The summed E-state index contributed by atoms with van der Waals surface area (Å²) in [5.41, 5.74) is -0.270. The Morgan fingerprint density at radius 3 is 2.51 bits per heavy atom. The maximum absolute atomic E-state index is 14.4. The zero-order chi connectivity index (χ0) is 37.5. The molecule has 284 valence electrons. The van der Waals surface area contributed by atoms with E-state index >= 15 is 0 Å². The first-order valence-corrected chi connectivity index (χ1v) is 19.6. The van der Waals surface area contributed by atoms with Gasteiger partial charge in [0.2, 0.25) is 21.8 Å². The van der Waals surface area contributed by atoms with Crippen LogP contribution >= 0.6 is 0 Å². The maximum Gasteiger partial charge on any atom is 0.410 e. The van der Waals surface area contributed by atoms with Crippen LogP contribution in [0.25, 0.3) is 0 Å². The monoisotopic (exact) mass is 757 g/mol. The number of sulfonamides is 1. The Bertz CT molecular complexity index is 1920. The first-order chi connectivity index (χ1) is 25.3. The van der Waals surface area contributed by atoms with E-state index < -0.39 is 86.2 Å². The lowest BCUT2D eigenvalue weighted by atomic mass is 10.0. The molecular weight excluding hydrogens is 715 g/mol. The van der Waals surface area contributed by atoms with Gasteiger partial charge in [0.05, 0.1) is 24.4 Å². The summed E-state index contributed by atoms with van der Waals surface area (Å²) in [6, 6.07) is 5.53. The van der Waals surface area contributed by atoms with Crippen LogP contribution in [0.4, 0.5) is 18.0 Å². The van der Waals surface area contributed by atoms with Gasteiger partial charge in [-0.2, -0.15) is 0 Å². The van der Waals surface area contributed by atoms with Gasteiger partial charge in [0.1, 0.15) is 35.1 Å². The van der Waals surface area contributed by atoms with E-state index in [0.717, 1.165) is 31.0 Å². The number of amides is 4.